The molecule has 4 aliphatic carbocycles. The molecule has 0 saturated heterocycles. The fraction of sp³-hybridized carbons (Fsp3) is 0.679. The summed E-state index contributed by atoms with van der Waals surface area (Å²) < 4.78 is 6.10. The molecular weight excluding hydrogens is 448 g/mol. The highest BCUT2D eigenvalue weighted by Gasteiger charge is 2.81. The van der Waals surface area contributed by atoms with Crippen LogP contribution >= 0.6 is 0 Å². The summed E-state index contributed by atoms with van der Waals surface area (Å²) in [6.07, 6.45) is 1.64. The van der Waals surface area contributed by atoms with Crippen molar-refractivity contribution in [3.63, 3.8) is 0 Å². The van der Waals surface area contributed by atoms with E-state index in [1.165, 1.54) is 6.92 Å². The van der Waals surface area contributed by atoms with Crippen LogP contribution in [0.1, 0.15) is 76.1 Å². The van der Waals surface area contributed by atoms with Crippen LogP contribution in [0.5, 0.6) is 0 Å². The van der Waals surface area contributed by atoms with Crippen molar-refractivity contribution in [2.24, 2.45) is 16.7 Å². The lowest BCUT2D eigenvalue weighted by atomic mass is 9.42. The minimum absolute atomic E-state index is 0.0675. The molecule has 0 aliphatic heterocycles. The molecular formula is C28H38O7. The lowest BCUT2D eigenvalue weighted by molar-refractivity contribution is -0.324. The van der Waals surface area contributed by atoms with Gasteiger partial charge in [0.2, 0.25) is 0 Å². The molecule has 0 unspecified atom stereocenters. The van der Waals surface area contributed by atoms with Gasteiger partial charge in [-0.05, 0) is 69.4 Å². The molecule has 35 heavy (non-hydrogen) atoms. The molecule has 3 saturated carbocycles. The van der Waals surface area contributed by atoms with Crippen LogP contribution in [0.2, 0.25) is 0 Å². The quantitative estimate of drug-likeness (QED) is 0.328. The Morgan fingerprint density at radius 2 is 1.77 bits per heavy atom. The SMILES string of the molecule is C[C@H](O)[C@]1(O)CC[C@@]2(O)[C@]1(C)[C@H](OC(=O)c1ccccc1)C[C@H]1[C@@]3(C)CC[C@H](O)CC3=CC[C@]12O. The Hall–Kier alpha value is -1.77. The Labute approximate surface area is 206 Å². The van der Waals surface area contributed by atoms with E-state index in [1.54, 1.807) is 37.3 Å². The summed E-state index contributed by atoms with van der Waals surface area (Å²) in [5.41, 5.74) is -5.75. The minimum atomic E-state index is -1.81. The van der Waals surface area contributed by atoms with Crippen LogP contribution in [0.4, 0.5) is 0 Å². The summed E-state index contributed by atoms with van der Waals surface area (Å²) in [6, 6.07) is 8.58. The number of benzene rings is 1. The molecule has 0 radical (unpaired) electrons. The summed E-state index contributed by atoms with van der Waals surface area (Å²) in [7, 11) is 0. The zero-order valence-electron chi connectivity index (χ0n) is 20.8. The minimum Gasteiger partial charge on any atom is -0.458 e. The van der Waals surface area contributed by atoms with Gasteiger partial charge in [-0.2, -0.15) is 0 Å². The summed E-state index contributed by atoms with van der Waals surface area (Å²) in [6.45, 7) is 5.19. The van der Waals surface area contributed by atoms with Gasteiger partial charge in [-0.15, -0.1) is 0 Å². The molecule has 0 aromatic heterocycles. The van der Waals surface area contributed by atoms with Gasteiger partial charge in [0.05, 0.1) is 23.2 Å². The van der Waals surface area contributed by atoms with Crippen LogP contribution in [0.15, 0.2) is 42.0 Å². The number of esters is 1. The Morgan fingerprint density at radius 1 is 1.09 bits per heavy atom. The summed E-state index contributed by atoms with van der Waals surface area (Å²) in [5, 5.41) is 57.6. The van der Waals surface area contributed by atoms with Crippen molar-refractivity contribution >= 4 is 5.97 Å². The van der Waals surface area contributed by atoms with Gasteiger partial charge >= 0.3 is 5.97 Å². The van der Waals surface area contributed by atoms with Gasteiger partial charge in [-0.3, -0.25) is 0 Å². The highest BCUT2D eigenvalue weighted by molar-refractivity contribution is 5.89. The van der Waals surface area contributed by atoms with Gasteiger partial charge in [-0.1, -0.05) is 43.7 Å². The number of ether oxygens (including phenoxy) is 1. The zero-order valence-corrected chi connectivity index (χ0v) is 20.8. The molecule has 192 valence electrons. The van der Waals surface area contributed by atoms with E-state index >= 15 is 0 Å². The molecule has 1 aromatic rings. The van der Waals surface area contributed by atoms with E-state index < -0.39 is 57.8 Å². The van der Waals surface area contributed by atoms with Crippen LogP contribution in [0, 0.1) is 16.7 Å². The van der Waals surface area contributed by atoms with Crippen LogP contribution in [-0.2, 0) is 4.74 Å². The molecule has 0 heterocycles. The van der Waals surface area contributed by atoms with Gasteiger partial charge in [-0.25, -0.2) is 4.79 Å². The van der Waals surface area contributed by atoms with E-state index in [9.17, 15) is 30.3 Å². The largest absolute Gasteiger partial charge is 0.458 e. The van der Waals surface area contributed by atoms with Crippen molar-refractivity contribution in [1.29, 1.82) is 0 Å². The molecule has 0 spiro atoms. The maximum atomic E-state index is 13.2. The van der Waals surface area contributed by atoms with E-state index in [-0.39, 0.29) is 25.7 Å². The topological polar surface area (TPSA) is 127 Å². The van der Waals surface area contributed by atoms with Crippen LogP contribution < -0.4 is 0 Å². The monoisotopic (exact) mass is 486 g/mol. The first-order valence-corrected chi connectivity index (χ1v) is 12.8. The molecule has 4 aliphatic rings. The highest BCUT2D eigenvalue weighted by atomic mass is 16.5. The fourth-order valence-electron chi connectivity index (χ4n) is 8.28. The fourth-order valence-corrected chi connectivity index (χ4v) is 8.28. The van der Waals surface area contributed by atoms with Crippen LogP contribution in [0.3, 0.4) is 0 Å². The predicted octanol–water partition coefficient (Wildman–Crippen LogP) is 2.49. The number of fused-ring (bicyclic) bond motifs is 5. The lowest BCUT2D eigenvalue weighted by Crippen LogP contribution is -2.78. The normalized spacial score (nSPS) is 47.7. The molecule has 1 aromatic carbocycles. The van der Waals surface area contributed by atoms with E-state index in [0.717, 1.165) is 5.57 Å². The van der Waals surface area contributed by atoms with Crippen LogP contribution in [-0.4, -0.2) is 66.6 Å². The molecule has 7 heteroatoms. The van der Waals surface area contributed by atoms with Gasteiger partial charge in [0, 0.05) is 5.92 Å². The number of aliphatic hydroxyl groups excluding tert-OH is 2. The number of hydrogen-bond acceptors (Lipinski definition) is 7. The number of carbonyl (C=O) groups excluding carboxylic acids is 1. The Balaban J connectivity index is 1.64. The summed E-state index contributed by atoms with van der Waals surface area (Å²) in [4.78, 5) is 13.2. The summed E-state index contributed by atoms with van der Waals surface area (Å²) in [5.74, 6) is -1.02. The summed E-state index contributed by atoms with van der Waals surface area (Å²) >= 11 is 0. The molecule has 5 N–H and O–H groups in total. The molecule has 5 rings (SSSR count). The lowest BCUT2D eigenvalue weighted by Gasteiger charge is -2.67. The molecule has 0 amide bonds. The highest BCUT2D eigenvalue weighted by Crippen LogP contribution is 2.71. The maximum absolute atomic E-state index is 13.2. The van der Waals surface area contributed by atoms with Crippen molar-refractivity contribution in [1.82, 2.24) is 0 Å². The average Bonchev–Trinajstić information content (AvgIpc) is 3.06. The van der Waals surface area contributed by atoms with Crippen molar-refractivity contribution < 1.29 is 35.1 Å². The zero-order chi connectivity index (χ0) is 25.4. The smallest absolute Gasteiger partial charge is 0.338 e. The Morgan fingerprint density at radius 3 is 2.43 bits per heavy atom. The molecule has 9 atom stereocenters. The number of aliphatic hydroxyl groups is 5. The first-order chi connectivity index (χ1) is 16.3. The van der Waals surface area contributed by atoms with E-state index in [4.69, 9.17) is 4.74 Å². The van der Waals surface area contributed by atoms with Crippen LogP contribution in [0.25, 0.3) is 0 Å². The van der Waals surface area contributed by atoms with Crippen molar-refractivity contribution in [2.75, 3.05) is 0 Å². The Kier molecular flexibility index (Phi) is 5.59. The molecule has 0 bridgehead atoms. The van der Waals surface area contributed by atoms with E-state index in [1.807, 2.05) is 6.08 Å². The third-order valence-corrected chi connectivity index (χ3v) is 10.6. The number of rotatable bonds is 3. The van der Waals surface area contributed by atoms with Crippen molar-refractivity contribution in [3.8, 4) is 0 Å². The third kappa shape index (κ3) is 3.05. The Bertz CT molecular complexity index is 1040. The standard InChI is InChI=1S/C28H38O7/c1-17(29)26(32)13-14-28(34)25(26,3)22(35-23(31)18-7-5-4-6-8-18)16-21-24(2)11-10-20(30)15-19(24)9-12-27(21,28)33/h4-9,17,20-22,29-30,32-34H,10-16H2,1-3H3/t17-,20-,21-,22+,24-,25+,26+,27-,28+/m0/s1. The second-order valence-electron chi connectivity index (χ2n) is 11.9. The van der Waals surface area contributed by atoms with Gasteiger partial charge in [0.15, 0.2) is 0 Å². The first kappa shape index (κ1) is 24.9. The first-order valence-electron chi connectivity index (χ1n) is 12.8. The van der Waals surface area contributed by atoms with E-state index in [0.29, 0.717) is 24.8 Å². The number of carbonyl (C=O) groups is 1. The maximum Gasteiger partial charge on any atom is 0.338 e. The third-order valence-electron chi connectivity index (χ3n) is 10.6. The van der Waals surface area contributed by atoms with E-state index in [2.05, 4.69) is 6.92 Å². The predicted molar refractivity (Wildman–Crippen MR) is 128 cm³/mol. The molecule has 7 nitrogen and oxygen atoms in total. The average molecular weight is 487 g/mol. The molecule has 3 fully saturated rings. The second-order valence-corrected chi connectivity index (χ2v) is 11.9. The van der Waals surface area contributed by atoms with Gasteiger partial charge < -0.3 is 30.3 Å². The van der Waals surface area contributed by atoms with Gasteiger partial charge in [0.1, 0.15) is 22.9 Å². The van der Waals surface area contributed by atoms with Crippen molar-refractivity contribution in [3.05, 3.63) is 47.5 Å². The second kappa shape index (κ2) is 7.86. The van der Waals surface area contributed by atoms with Gasteiger partial charge in [0.25, 0.3) is 0 Å². The number of hydrogen-bond donors (Lipinski definition) is 5. The van der Waals surface area contributed by atoms with Crippen molar-refractivity contribution in [2.45, 2.75) is 101 Å².